The maximum absolute atomic E-state index is 11.5. The minimum absolute atomic E-state index is 0.0515. The van der Waals surface area contributed by atoms with E-state index in [1.165, 1.54) is 0 Å². The van der Waals surface area contributed by atoms with Gasteiger partial charge >= 0.3 is 0 Å². The molecule has 2 aromatic rings. The fraction of sp³-hybridized carbons (Fsp3) is 0.391. The predicted molar refractivity (Wildman–Crippen MR) is 114 cm³/mol. The van der Waals surface area contributed by atoms with Crippen molar-refractivity contribution in [1.29, 1.82) is 5.26 Å². The summed E-state index contributed by atoms with van der Waals surface area (Å²) in [6, 6.07) is 16.6. The van der Waals surface area contributed by atoms with Gasteiger partial charge in [-0.15, -0.1) is 0 Å². The highest BCUT2D eigenvalue weighted by Gasteiger charge is 2.37. The highest BCUT2D eigenvalue weighted by molar-refractivity contribution is 5.93. The van der Waals surface area contributed by atoms with Crippen molar-refractivity contribution in [3.8, 4) is 6.07 Å². The summed E-state index contributed by atoms with van der Waals surface area (Å²) < 4.78 is 0. The number of amides is 1. The fourth-order valence-corrected chi connectivity index (χ4v) is 3.96. The molecule has 1 atom stereocenters. The first-order chi connectivity index (χ1) is 14.5. The molecule has 0 aromatic heterocycles. The molecule has 158 valence electrons. The number of anilines is 1. The van der Waals surface area contributed by atoms with Crippen LogP contribution in [0.25, 0.3) is 0 Å². The number of benzene rings is 2. The molecule has 0 spiro atoms. The lowest BCUT2D eigenvalue weighted by Crippen LogP contribution is -2.49. The first-order valence-corrected chi connectivity index (χ1v) is 10.2. The molecule has 7 nitrogen and oxygen atoms in total. The van der Waals surface area contributed by atoms with Crippen LogP contribution in [0.2, 0.25) is 0 Å². The number of carbonyl (C=O) groups is 1. The van der Waals surface area contributed by atoms with Crippen molar-refractivity contribution < 1.29 is 15.1 Å². The third-order valence-corrected chi connectivity index (χ3v) is 5.90. The third-order valence-electron chi connectivity index (χ3n) is 5.90. The normalized spacial score (nSPS) is 16.3. The van der Waals surface area contributed by atoms with Gasteiger partial charge in [-0.25, -0.2) is 5.48 Å². The van der Waals surface area contributed by atoms with Crippen molar-refractivity contribution in [3.05, 3.63) is 65.2 Å². The lowest BCUT2D eigenvalue weighted by molar-refractivity contribution is -0.0418. The SMILES string of the molecule is N#Cc1ccc(CCC(CNc2ccc(C(=O)NO)cc2)C2(O)CCNCC2)cc1. The average Bonchev–Trinajstić information content (AvgIpc) is 2.79. The van der Waals surface area contributed by atoms with Crippen LogP contribution in [-0.2, 0) is 6.42 Å². The number of aliphatic hydroxyl groups is 1. The van der Waals surface area contributed by atoms with Crippen molar-refractivity contribution in [2.75, 3.05) is 25.0 Å². The zero-order valence-electron chi connectivity index (χ0n) is 16.9. The second-order valence-electron chi connectivity index (χ2n) is 7.80. The zero-order valence-corrected chi connectivity index (χ0v) is 16.9. The molecule has 0 saturated carbocycles. The van der Waals surface area contributed by atoms with Crippen LogP contribution in [0.1, 0.15) is 40.7 Å². The molecule has 1 fully saturated rings. The maximum Gasteiger partial charge on any atom is 0.274 e. The van der Waals surface area contributed by atoms with Gasteiger partial charge in [0.25, 0.3) is 5.91 Å². The van der Waals surface area contributed by atoms with E-state index in [-0.39, 0.29) is 5.92 Å². The Morgan fingerprint density at radius 3 is 2.40 bits per heavy atom. The summed E-state index contributed by atoms with van der Waals surface area (Å²) in [7, 11) is 0. The largest absolute Gasteiger partial charge is 0.389 e. The van der Waals surface area contributed by atoms with Gasteiger partial charge in [-0.2, -0.15) is 5.26 Å². The lowest BCUT2D eigenvalue weighted by Gasteiger charge is -2.40. The Kier molecular flexibility index (Phi) is 7.41. The third kappa shape index (κ3) is 5.57. The van der Waals surface area contributed by atoms with Gasteiger partial charge < -0.3 is 15.7 Å². The molecular weight excluding hydrogens is 380 g/mol. The maximum atomic E-state index is 11.5. The summed E-state index contributed by atoms with van der Waals surface area (Å²) in [4.78, 5) is 11.5. The van der Waals surface area contributed by atoms with Crippen LogP contribution in [0, 0.1) is 17.2 Å². The van der Waals surface area contributed by atoms with Crippen LogP contribution in [0.15, 0.2) is 48.5 Å². The van der Waals surface area contributed by atoms with Crippen LogP contribution >= 0.6 is 0 Å². The topological polar surface area (TPSA) is 117 Å². The Balaban J connectivity index is 1.66. The standard InChI is InChI=1S/C23H28N4O3/c24-15-18-3-1-17(2-4-18)5-8-20(23(29)11-13-25-14-12-23)16-26-21-9-6-19(7-10-21)22(28)27-30/h1-4,6-7,9-10,20,25-26,29-30H,5,8,11-14,16H2,(H,27,28). The van der Waals surface area contributed by atoms with E-state index in [4.69, 9.17) is 10.5 Å². The van der Waals surface area contributed by atoms with Crippen molar-refractivity contribution in [1.82, 2.24) is 10.8 Å². The summed E-state index contributed by atoms with van der Waals surface area (Å²) in [5, 5.41) is 35.7. The summed E-state index contributed by atoms with van der Waals surface area (Å²) in [6.07, 6.45) is 3.06. The minimum atomic E-state index is -0.735. The predicted octanol–water partition coefficient (Wildman–Crippen LogP) is 2.45. The molecule has 3 rings (SSSR count). The molecule has 5 N–H and O–H groups in total. The van der Waals surface area contributed by atoms with Gasteiger partial charge in [-0.1, -0.05) is 12.1 Å². The van der Waals surface area contributed by atoms with E-state index >= 15 is 0 Å². The van der Waals surface area contributed by atoms with Gasteiger partial charge in [0, 0.05) is 23.7 Å². The number of nitrogens with zero attached hydrogens (tertiary/aromatic N) is 1. The summed E-state index contributed by atoms with van der Waals surface area (Å²) in [6.45, 7) is 2.21. The number of hydroxylamine groups is 1. The van der Waals surface area contributed by atoms with Gasteiger partial charge in [-0.05, 0) is 80.7 Å². The first kappa shape index (κ1) is 21.8. The van der Waals surface area contributed by atoms with Crippen LogP contribution < -0.4 is 16.1 Å². The van der Waals surface area contributed by atoms with Crippen LogP contribution in [0.5, 0.6) is 0 Å². The minimum Gasteiger partial charge on any atom is -0.389 e. The first-order valence-electron chi connectivity index (χ1n) is 10.2. The number of rotatable bonds is 8. The Hall–Kier alpha value is -2.92. The van der Waals surface area contributed by atoms with Gasteiger partial charge in [-0.3, -0.25) is 10.0 Å². The summed E-state index contributed by atoms with van der Waals surface area (Å²) >= 11 is 0. The Morgan fingerprint density at radius 2 is 1.80 bits per heavy atom. The van der Waals surface area contributed by atoms with Gasteiger partial charge in [0.1, 0.15) is 0 Å². The van der Waals surface area contributed by atoms with E-state index in [9.17, 15) is 9.90 Å². The Morgan fingerprint density at radius 1 is 1.13 bits per heavy atom. The number of aryl methyl sites for hydroxylation is 1. The molecule has 0 bridgehead atoms. The number of hydrogen-bond donors (Lipinski definition) is 5. The van der Waals surface area contributed by atoms with Crippen molar-refractivity contribution in [3.63, 3.8) is 0 Å². The molecule has 0 aliphatic carbocycles. The van der Waals surface area contributed by atoms with E-state index in [1.54, 1.807) is 29.7 Å². The smallest absolute Gasteiger partial charge is 0.274 e. The second-order valence-corrected chi connectivity index (χ2v) is 7.80. The molecule has 1 heterocycles. The average molecular weight is 409 g/mol. The summed E-state index contributed by atoms with van der Waals surface area (Å²) in [5.74, 6) is -0.499. The lowest BCUT2D eigenvalue weighted by atomic mass is 9.77. The van der Waals surface area contributed by atoms with E-state index in [0.717, 1.165) is 37.2 Å². The highest BCUT2D eigenvalue weighted by atomic mass is 16.5. The second kappa shape index (κ2) is 10.2. The molecule has 2 aromatic carbocycles. The summed E-state index contributed by atoms with van der Waals surface area (Å²) in [5.41, 5.74) is 3.91. The number of carbonyl (C=O) groups excluding carboxylic acids is 1. The van der Waals surface area contributed by atoms with Gasteiger partial charge in [0.05, 0.1) is 17.2 Å². The molecule has 1 aliphatic heterocycles. The monoisotopic (exact) mass is 408 g/mol. The Labute approximate surface area is 176 Å². The van der Waals surface area contributed by atoms with E-state index in [2.05, 4.69) is 16.7 Å². The fourth-order valence-electron chi connectivity index (χ4n) is 3.96. The number of hydrogen-bond acceptors (Lipinski definition) is 6. The molecule has 7 heteroatoms. The highest BCUT2D eigenvalue weighted by Crippen LogP contribution is 2.31. The molecule has 0 radical (unpaired) electrons. The molecule has 1 amide bonds. The van der Waals surface area contributed by atoms with Crippen LogP contribution in [-0.4, -0.2) is 41.5 Å². The number of piperidine rings is 1. The zero-order chi connectivity index (χ0) is 21.4. The Bertz CT molecular complexity index is 869. The van der Waals surface area contributed by atoms with Crippen LogP contribution in [0.3, 0.4) is 0 Å². The van der Waals surface area contributed by atoms with Crippen molar-refractivity contribution >= 4 is 11.6 Å². The number of nitriles is 1. The van der Waals surface area contributed by atoms with E-state index < -0.39 is 11.5 Å². The quantitative estimate of drug-likeness (QED) is 0.338. The van der Waals surface area contributed by atoms with Crippen molar-refractivity contribution in [2.45, 2.75) is 31.3 Å². The number of nitrogens with one attached hydrogen (secondary N) is 3. The molecule has 1 aliphatic rings. The van der Waals surface area contributed by atoms with Crippen molar-refractivity contribution in [2.24, 2.45) is 5.92 Å². The molecule has 1 unspecified atom stereocenters. The van der Waals surface area contributed by atoms with Gasteiger partial charge in [0.15, 0.2) is 0 Å². The van der Waals surface area contributed by atoms with E-state index in [0.29, 0.717) is 30.5 Å². The van der Waals surface area contributed by atoms with E-state index in [1.807, 2.05) is 24.3 Å². The molecular formula is C23H28N4O3. The molecule has 1 saturated heterocycles. The molecule has 30 heavy (non-hydrogen) atoms. The van der Waals surface area contributed by atoms with Gasteiger partial charge in [0.2, 0.25) is 0 Å². The van der Waals surface area contributed by atoms with Crippen LogP contribution in [0.4, 0.5) is 5.69 Å².